The lowest BCUT2D eigenvalue weighted by Crippen LogP contribution is -2.39. The summed E-state index contributed by atoms with van der Waals surface area (Å²) in [4.78, 5) is 2.18. The van der Waals surface area contributed by atoms with E-state index in [-0.39, 0.29) is 12.6 Å². The Morgan fingerprint density at radius 1 is 1.25 bits per heavy atom. The van der Waals surface area contributed by atoms with E-state index in [1.165, 1.54) is 0 Å². The number of alkyl halides is 3. The molecule has 0 radical (unpaired) electrons. The molecule has 1 aromatic carbocycles. The van der Waals surface area contributed by atoms with Crippen molar-refractivity contribution < 1.29 is 17.9 Å². The van der Waals surface area contributed by atoms with Gasteiger partial charge in [-0.15, -0.1) is 0 Å². The Balaban J connectivity index is 1.91. The van der Waals surface area contributed by atoms with E-state index in [4.69, 9.17) is 10.5 Å². The number of piperidine rings is 1. The van der Waals surface area contributed by atoms with Crippen LogP contribution in [0.25, 0.3) is 0 Å². The Morgan fingerprint density at radius 3 is 2.60 bits per heavy atom. The van der Waals surface area contributed by atoms with E-state index in [0.29, 0.717) is 5.75 Å². The Morgan fingerprint density at radius 2 is 1.95 bits per heavy atom. The van der Waals surface area contributed by atoms with Crippen molar-refractivity contribution in [1.82, 2.24) is 0 Å². The molecule has 1 heterocycles. The molecule has 0 aromatic heterocycles. The molecule has 2 N–H and O–H groups in total. The molecule has 20 heavy (non-hydrogen) atoms. The van der Waals surface area contributed by atoms with Crippen molar-refractivity contribution in [3.8, 4) is 5.75 Å². The molecule has 0 amide bonds. The van der Waals surface area contributed by atoms with Crippen LogP contribution in [-0.2, 0) is 0 Å². The van der Waals surface area contributed by atoms with Crippen LogP contribution in [0.3, 0.4) is 0 Å². The van der Waals surface area contributed by atoms with Crippen LogP contribution >= 0.6 is 0 Å². The van der Waals surface area contributed by atoms with Gasteiger partial charge >= 0.3 is 6.18 Å². The van der Waals surface area contributed by atoms with Gasteiger partial charge < -0.3 is 15.4 Å². The molecule has 3 nitrogen and oxygen atoms in total. The van der Waals surface area contributed by atoms with E-state index >= 15 is 0 Å². The van der Waals surface area contributed by atoms with Crippen LogP contribution in [0.2, 0.25) is 0 Å². The van der Waals surface area contributed by atoms with Gasteiger partial charge in [-0.1, -0.05) is 6.07 Å². The normalized spacial score (nSPS) is 17.3. The Hall–Kier alpha value is -1.43. The van der Waals surface area contributed by atoms with Gasteiger partial charge in [0.15, 0.2) is 0 Å². The van der Waals surface area contributed by atoms with E-state index in [9.17, 15) is 13.2 Å². The van der Waals surface area contributed by atoms with Gasteiger partial charge in [0.05, 0.1) is 13.0 Å². The Kier molecular flexibility index (Phi) is 4.75. The van der Waals surface area contributed by atoms with Gasteiger partial charge in [0.2, 0.25) is 0 Å². The molecular formula is C14H19F3N2O. The second-order valence-electron chi connectivity index (χ2n) is 5.04. The first-order valence-electron chi connectivity index (χ1n) is 6.74. The SMILES string of the molecule is NC1CCN(c2cccc(OCCC(F)(F)F)c2)CC1. The maximum Gasteiger partial charge on any atom is 0.392 e. The highest BCUT2D eigenvalue weighted by Gasteiger charge is 2.26. The highest BCUT2D eigenvalue weighted by atomic mass is 19.4. The summed E-state index contributed by atoms with van der Waals surface area (Å²) in [5, 5.41) is 0. The van der Waals surface area contributed by atoms with Crippen LogP contribution in [0.1, 0.15) is 19.3 Å². The fourth-order valence-corrected chi connectivity index (χ4v) is 2.21. The molecule has 0 unspecified atom stereocenters. The van der Waals surface area contributed by atoms with E-state index < -0.39 is 12.6 Å². The largest absolute Gasteiger partial charge is 0.493 e. The molecular weight excluding hydrogens is 269 g/mol. The summed E-state index contributed by atoms with van der Waals surface area (Å²) >= 11 is 0. The van der Waals surface area contributed by atoms with E-state index in [1.54, 1.807) is 18.2 Å². The number of anilines is 1. The van der Waals surface area contributed by atoms with E-state index in [1.807, 2.05) is 6.07 Å². The number of hydrogen-bond acceptors (Lipinski definition) is 3. The minimum absolute atomic E-state index is 0.248. The number of ether oxygens (including phenoxy) is 1. The number of benzene rings is 1. The summed E-state index contributed by atoms with van der Waals surface area (Å²) in [5.41, 5.74) is 6.83. The predicted octanol–water partition coefficient (Wildman–Crippen LogP) is 2.95. The maximum atomic E-state index is 12.1. The molecule has 0 saturated carbocycles. The standard InChI is InChI=1S/C14H19F3N2O/c15-14(16,17)6-9-20-13-3-1-2-12(10-13)19-7-4-11(18)5-8-19/h1-3,10-11H,4-9,18H2. The van der Waals surface area contributed by atoms with Crippen molar-refractivity contribution in [3.63, 3.8) is 0 Å². The van der Waals surface area contributed by atoms with Crippen LogP contribution in [0.5, 0.6) is 5.75 Å². The zero-order valence-corrected chi connectivity index (χ0v) is 11.2. The van der Waals surface area contributed by atoms with E-state index in [2.05, 4.69) is 4.90 Å². The third-order valence-electron chi connectivity index (χ3n) is 3.38. The summed E-state index contributed by atoms with van der Waals surface area (Å²) < 4.78 is 41.4. The van der Waals surface area contributed by atoms with Crippen LogP contribution < -0.4 is 15.4 Å². The maximum absolute atomic E-state index is 12.1. The third kappa shape index (κ3) is 4.59. The van der Waals surface area contributed by atoms with Crippen molar-refractivity contribution >= 4 is 5.69 Å². The van der Waals surface area contributed by atoms with Gasteiger partial charge in [0, 0.05) is 30.9 Å². The zero-order valence-electron chi connectivity index (χ0n) is 11.2. The number of hydrogen-bond donors (Lipinski definition) is 1. The summed E-state index contributed by atoms with van der Waals surface area (Å²) in [7, 11) is 0. The van der Waals surface area contributed by atoms with Crippen molar-refractivity contribution in [2.24, 2.45) is 5.73 Å². The van der Waals surface area contributed by atoms with Crippen molar-refractivity contribution in [2.75, 3.05) is 24.6 Å². The average molecular weight is 288 g/mol. The molecule has 2 rings (SSSR count). The van der Waals surface area contributed by atoms with Crippen molar-refractivity contribution in [3.05, 3.63) is 24.3 Å². The molecule has 0 bridgehead atoms. The van der Waals surface area contributed by atoms with Gasteiger partial charge in [0.1, 0.15) is 5.75 Å². The number of rotatable bonds is 4. The van der Waals surface area contributed by atoms with Gasteiger partial charge in [-0.3, -0.25) is 0 Å². The quantitative estimate of drug-likeness (QED) is 0.925. The summed E-state index contributed by atoms with van der Waals surface area (Å²) in [6.45, 7) is 1.39. The predicted molar refractivity (Wildman–Crippen MR) is 72.0 cm³/mol. The molecule has 1 aliphatic rings. The van der Waals surface area contributed by atoms with Crippen LogP contribution in [-0.4, -0.2) is 31.9 Å². The van der Waals surface area contributed by atoms with Crippen LogP contribution in [0.15, 0.2) is 24.3 Å². The van der Waals surface area contributed by atoms with Gasteiger partial charge in [-0.05, 0) is 25.0 Å². The first-order valence-corrected chi connectivity index (χ1v) is 6.74. The minimum atomic E-state index is -4.18. The molecule has 0 spiro atoms. The van der Waals surface area contributed by atoms with Gasteiger partial charge in [0.25, 0.3) is 0 Å². The second-order valence-corrected chi connectivity index (χ2v) is 5.04. The van der Waals surface area contributed by atoms with Crippen molar-refractivity contribution in [1.29, 1.82) is 0 Å². The van der Waals surface area contributed by atoms with Crippen LogP contribution in [0.4, 0.5) is 18.9 Å². The molecule has 1 aromatic rings. The molecule has 1 saturated heterocycles. The summed E-state index contributed by atoms with van der Waals surface area (Å²) in [5.74, 6) is 0.474. The van der Waals surface area contributed by atoms with Crippen molar-refractivity contribution in [2.45, 2.75) is 31.5 Å². The number of nitrogens with zero attached hydrogens (tertiary/aromatic N) is 1. The molecule has 0 aliphatic carbocycles. The Labute approximate surface area is 116 Å². The highest BCUT2D eigenvalue weighted by molar-refractivity contribution is 5.51. The Bertz CT molecular complexity index is 429. The second kappa shape index (κ2) is 6.35. The lowest BCUT2D eigenvalue weighted by Gasteiger charge is -2.32. The fraction of sp³-hybridized carbons (Fsp3) is 0.571. The molecule has 0 atom stereocenters. The van der Waals surface area contributed by atoms with Gasteiger partial charge in [-0.2, -0.15) is 13.2 Å². The third-order valence-corrected chi connectivity index (χ3v) is 3.38. The van der Waals surface area contributed by atoms with Gasteiger partial charge in [-0.25, -0.2) is 0 Å². The summed E-state index contributed by atoms with van der Waals surface area (Å²) in [6.07, 6.45) is -3.26. The monoisotopic (exact) mass is 288 g/mol. The number of nitrogens with two attached hydrogens (primary N) is 1. The molecule has 1 fully saturated rings. The molecule has 1 aliphatic heterocycles. The lowest BCUT2D eigenvalue weighted by atomic mass is 10.1. The lowest BCUT2D eigenvalue weighted by molar-refractivity contribution is -0.139. The fourth-order valence-electron chi connectivity index (χ4n) is 2.21. The zero-order chi connectivity index (χ0) is 14.6. The van der Waals surface area contributed by atoms with Crippen LogP contribution in [0, 0.1) is 0 Å². The van der Waals surface area contributed by atoms with E-state index in [0.717, 1.165) is 31.6 Å². The highest BCUT2D eigenvalue weighted by Crippen LogP contribution is 2.25. The molecule has 6 heteroatoms. The smallest absolute Gasteiger partial charge is 0.392 e. The first kappa shape index (κ1) is 15.0. The average Bonchev–Trinajstić information content (AvgIpc) is 2.38. The topological polar surface area (TPSA) is 38.5 Å². The number of halogens is 3. The first-order chi connectivity index (χ1) is 9.44. The summed E-state index contributed by atoms with van der Waals surface area (Å²) in [6, 6.07) is 7.45. The molecule has 112 valence electrons. The minimum Gasteiger partial charge on any atom is -0.493 e.